The summed E-state index contributed by atoms with van der Waals surface area (Å²) in [6, 6.07) is 0. The average Bonchev–Trinajstić information content (AvgIpc) is 1.80. The van der Waals surface area contributed by atoms with E-state index >= 15 is 0 Å². The highest BCUT2D eigenvalue weighted by atomic mass is 32.7. The van der Waals surface area contributed by atoms with Gasteiger partial charge in [0.2, 0.25) is 0 Å². The van der Waals surface area contributed by atoms with Gasteiger partial charge in [0.25, 0.3) is 0 Å². The summed E-state index contributed by atoms with van der Waals surface area (Å²) in [6.07, 6.45) is 1.11. The van der Waals surface area contributed by atoms with Crippen molar-refractivity contribution in [1.82, 2.24) is 0 Å². The summed E-state index contributed by atoms with van der Waals surface area (Å²) >= 11 is 0. The maximum atomic E-state index is 5.25. The molecule has 0 aromatic heterocycles. The molecule has 0 heterocycles. The zero-order chi connectivity index (χ0) is 7.11. The van der Waals surface area contributed by atoms with Crippen molar-refractivity contribution >= 4 is 25.3 Å². The van der Waals surface area contributed by atoms with Crippen molar-refractivity contribution in [2.24, 2.45) is 0 Å². The fraction of sp³-hybridized carbons (Fsp3) is 1.00. The molecule has 9 heavy (non-hydrogen) atoms. The third kappa shape index (κ3) is 8.91. The second kappa shape index (κ2) is 7.02. The molecule has 0 N–H and O–H groups in total. The van der Waals surface area contributed by atoms with E-state index in [4.69, 9.17) is 4.74 Å². The summed E-state index contributed by atoms with van der Waals surface area (Å²) in [4.78, 5) is 0. The summed E-state index contributed by atoms with van der Waals surface area (Å²) in [5.41, 5.74) is 0. The van der Waals surface area contributed by atoms with Crippen LogP contribution < -0.4 is 0 Å². The van der Waals surface area contributed by atoms with Crippen LogP contribution in [0.3, 0.4) is 0 Å². The molecule has 0 amide bonds. The van der Waals surface area contributed by atoms with Gasteiger partial charge in [-0.15, -0.1) is 0 Å². The van der Waals surface area contributed by atoms with E-state index in [9.17, 15) is 0 Å². The van der Waals surface area contributed by atoms with E-state index in [0.29, 0.717) is 0 Å². The van der Waals surface area contributed by atoms with E-state index in [1.807, 2.05) is 0 Å². The molecule has 0 aromatic rings. The SMILES string of the molecule is CCCOCC[SH](=P)=P. The summed E-state index contributed by atoms with van der Waals surface area (Å²) in [6.45, 7) is 3.87. The van der Waals surface area contributed by atoms with Gasteiger partial charge in [0.15, 0.2) is 0 Å². The van der Waals surface area contributed by atoms with Crippen LogP contribution in [0.15, 0.2) is 0 Å². The Balaban J connectivity index is 2.92. The lowest BCUT2D eigenvalue weighted by molar-refractivity contribution is 0.151. The van der Waals surface area contributed by atoms with Gasteiger partial charge in [-0.05, 0) is 6.42 Å². The Labute approximate surface area is 62.8 Å². The quantitative estimate of drug-likeness (QED) is 0.390. The highest BCUT2D eigenvalue weighted by molar-refractivity contribution is 8.29. The Morgan fingerprint density at radius 2 is 2.00 bits per heavy atom. The second-order valence-electron chi connectivity index (χ2n) is 1.76. The Bertz CT molecular complexity index is 114. The average molecular weight is 184 g/mol. The molecular formula is C5H14OP2S. The van der Waals surface area contributed by atoms with E-state index < -0.39 is 0 Å². The van der Waals surface area contributed by atoms with Crippen LogP contribution >= 0.6 is 16.0 Å². The first-order valence-electron chi connectivity index (χ1n) is 3.05. The highest BCUT2D eigenvalue weighted by Crippen LogP contribution is 1.86. The summed E-state index contributed by atoms with van der Waals surface area (Å²) in [5.74, 6) is 1.09. The van der Waals surface area contributed by atoms with E-state index in [2.05, 4.69) is 23.0 Å². The first kappa shape index (κ1) is 9.91. The number of rotatable bonds is 5. The van der Waals surface area contributed by atoms with Crippen LogP contribution in [-0.2, 0) is 14.0 Å². The molecule has 1 nitrogen and oxygen atoms in total. The minimum atomic E-state index is -0.131. The lowest BCUT2D eigenvalue weighted by Gasteiger charge is -1.97. The van der Waals surface area contributed by atoms with Gasteiger partial charge >= 0.3 is 0 Å². The van der Waals surface area contributed by atoms with Crippen molar-refractivity contribution in [1.29, 1.82) is 0 Å². The van der Waals surface area contributed by atoms with E-state index in [1.165, 1.54) is 0 Å². The molecule has 4 heteroatoms. The predicted molar refractivity (Wildman–Crippen MR) is 51.4 cm³/mol. The fourth-order valence-corrected chi connectivity index (χ4v) is 1.26. The second-order valence-corrected chi connectivity index (χ2v) is 7.65. The Morgan fingerprint density at radius 3 is 2.44 bits per heavy atom. The lowest BCUT2D eigenvalue weighted by atomic mass is 10.5. The molecule has 0 saturated heterocycles. The zero-order valence-electron chi connectivity index (χ0n) is 5.68. The normalized spacial score (nSPS) is 10.4. The fourth-order valence-electron chi connectivity index (χ4n) is 0.402. The van der Waals surface area contributed by atoms with Crippen molar-refractivity contribution in [3.63, 3.8) is 0 Å². The van der Waals surface area contributed by atoms with Crippen LogP contribution in [0, 0.1) is 0 Å². The molecule has 56 valence electrons. The van der Waals surface area contributed by atoms with Gasteiger partial charge in [-0.2, -0.15) is 9.25 Å². The predicted octanol–water partition coefficient (Wildman–Crippen LogP) is 1.88. The Hall–Kier alpha value is 0.910. The van der Waals surface area contributed by atoms with Gasteiger partial charge < -0.3 is 4.74 Å². The van der Waals surface area contributed by atoms with Crippen molar-refractivity contribution in [2.75, 3.05) is 19.0 Å². The number of hydrogen-bond donors (Lipinski definition) is 1. The third-order valence-corrected chi connectivity index (χ3v) is 2.78. The maximum absolute atomic E-state index is 5.25. The minimum absolute atomic E-state index is 0.131. The molecule has 0 aliphatic heterocycles. The summed E-state index contributed by atoms with van der Waals surface area (Å²) in [5, 5.41) is 0. The van der Waals surface area contributed by atoms with Crippen molar-refractivity contribution in [2.45, 2.75) is 13.3 Å². The standard InChI is InChI=1S/C5H14OP2S/c1-2-3-6-4-5-9(7)8/h7-9H,2-5H2,1H3. The highest BCUT2D eigenvalue weighted by Gasteiger charge is 1.81. The van der Waals surface area contributed by atoms with Gasteiger partial charge in [-0.25, -0.2) is 0 Å². The van der Waals surface area contributed by atoms with Gasteiger partial charge in [0.05, 0.1) is 6.61 Å². The summed E-state index contributed by atoms with van der Waals surface area (Å²) in [7, 11) is 6.81. The smallest absolute Gasteiger partial charge is 0.0551 e. The van der Waals surface area contributed by atoms with E-state index in [1.54, 1.807) is 0 Å². The van der Waals surface area contributed by atoms with Gasteiger partial charge in [0, 0.05) is 12.4 Å². The molecule has 0 atom stereocenters. The number of thiol groups is 1. The molecule has 0 rings (SSSR count). The molecule has 0 radical (unpaired) electrons. The van der Waals surface area contributed by atoms with Crippen LogP contribution in [-0.4, -0.2) is 19.0 Å². The van der Waals surface area contributed by atoms with Gasteiger partial charge in [-0.3, -0.25) is 0 Å². The topological polar surface area (TPSA) is 9.23 Å². The van der Waals surface area contributed by atoms with E-state index in [-0.39, 0.29) is 9.25 Å². The Morgan fingerprint density at radius 1 is 1.33 bits per heavy atom. The molecule has 0 aromatic carbocycles. The van der Waals surface area contributed by atoms with Crippen molar-refractivity contribution in [3.8, 4) is 0 Å². The van der Waals surface area contributed by atoms with Gasteiger partial charge in [-0.1, -0.05) is 23.0 Å². The van der Waals surface area contributed by atoms with Crippen LogP contribution in [0.4, 0.5) is 0 Å². The molecular weight excluding hydrogens is 170 g/mol. The van der Waals surface area contributed by atoms with Crippen LogP contribution in [0.5, 0.6) is 0 Å². The van der Waals surface area contributed by atoms with Crippen LogP contribution in [0.2, 0.25) is 0 Å². The minimum Gasteiger partial charge on any atom is -0.381 e. The molecule has 0 bridgehead atoms. The molecule has 0 saturated carbocycles. The summed E-state index contributed by atoms with van der Waals surface area (Å²) < 4.78 is 5.25. The maximum Gasteiger partial charge on any atom is 0.0551 e. The molecule has 0 aliphatic rings. The first-order chi connectivity index (χ1) is 4.27. The largest absolute Gasteiger partial charge is 0.381 e. The zero-order valence-corrected chi connectivity index (χ0v) is 8.58. The van der Waals surface area contributed by atoms with Gasteiger partial charge in [0.1, 0.15) is 0 Å². The number of hydrogen-bond acceptors (Lipinski definition) is 1. The van der Waals surface area contributed by atoms with E-state index in [0.717, 1.165) is 25.4 Å². The molecule has 0 spiro atoms. The van der Waals surface area contributed by atoms with Crippen LogP contribution in [0.1, 0.15) is 13.3 Å². The molecule has 0 aliphatic carbocycles. The third-order valence-electron chi connectivity index (χ3n) is 0.808. The molecule has 0 unspecified atom stereocenters. The first-order valence-corrected chi connectivity index (χ1v) is 7.26. The molecule has 0 fully saturated rings. The van der Waals surface area contributed by atoms with Crippen LogP contribution in [0.25, 0.3) is 0 Å². The van der Waals surface area contributed by atoms with Crippen molar-refractivity contribution < 1.29 is 4.74 Å². The van der Waals surface area contributed by atoms with Crippen molar-refractivity contribution in [3.05, 3.63) is 0 Å². The lowest BCUT2D eigenvalue weighted by Crippen LogP contribution is -1.99. The monoisotopic (exact) mass is 184 g/mol. The number of ether oxygens (including phenoxy) is 1. The Kier molecular flexibility index (Phi) is 7.73.